The maximum absolute atomic E-state index is 12.6. The van der Waals surface area contributed by atoms with Crippen LogP contribution in [-0.4, -0.2) is 29.0 Å². The molecule has 31 heavy (non-hydrogen) atoms. The van der Waals surface area contributed by atoms with Gasteiger partial charge in [0.2, 0.25) is 11.8 Å². The van der Waals surface area contributed by atoms with E-state index in [1.54, 1.807) is 7.11 Å². The third-order valence-corrected chi connectivity index (χ3v) is 5.83. The Morgan fingerprint density at radius 1 is 1.00 bits per heavy atom. The first-order chi connectivity index (χ1) is 14.9. The van der Waals surface area contributed by atoms with Crippen molar-refractivity contribution in [1.29, 1.82) is 0 Å². The molecule has 0 fully saturated rings. The molecule has 0 aliphatic rings. The summed E-state index contributed by atoms with van der Waals surface area (Å²) in [6, 6.07) is 15.8. The van der Waals surface area contributed by atoms with Crippen molar-refractivity contribution in [3.63, 3.8) is 0 Å². The average Bonchev–Trinajstić information content (AvgIpc) is 3.25. The third kappa shape index (κ3) is 6.10. The average molecular weight is 440 g/mol. The number of hydrogen-bond acceptors (Lipinski definition) is 6. The number of carbonyl (C=O) groups excluding carboxylic acids is 1. The van der Waals surface area contributed by atoms with Crippen LogP contribution in [0.25, 0.3) is 11.5 Å². The van der Waals surface area contributed by atoms with Crippen molar-refractivity contribution in [2.75, 3.05) is 12.9 Å². The number of hydrogen-bond donors (Lipinski definition) is 1. The van der Waals surface area contributed by atoms with Crippen LogP contribution in [0.1, 0.15) is 50.8 Å². The normalized spacial score (nSPS) is 12.2. The predicted octanol–water partition coefficient (Wildman–Crippen LogP) is 5.47. The molecule has 0 saturated carbocycles. The fraction of sp³-hybridized carbons (Fsp3) is 0.375. The molecule has 0 aliphatic carbocycles. The second-order valence-corrected chi connectivity index (χ2v) is 8.93. The molecule has 6 nitrogen and oxygen atoms in total. The maximum atomic E-state index is 12.6. The summed E-state index contributed by atoms with van der Waals surface area (Å²) in [5.74, 6) is 2.06. The Bertz CT molecular complexity index is 982. The molecule has 0 spiro atoms. The van der Waals surface area contributed by atoms with E-state index in [-0.39, 0.29) is 23.6 Å². The van der Waals surface area contributed by atoms with Crippen molar-refractivity contribution < 1.29 is 13.9 Å². The van der Waals surface area contributed by atoms with E-state index in [0.29, 0.717) is 17.0 Å². The molecule has 3 aromatic rings. The lowest BCUT2D eigenvalue weighted by Gasteiger charge is -2.23. The maximum Gasteiger partial charge on any atom is 0.277 e. The minimum absolute atomic E-state index is 0.0492. The van der Waals surface area contributed by atoms with Gasteiger partial charge < -0.3 is 14.5 Å². The van der Waals surface area contributed by atoms with E-state index in [1.807, 2.05) is 24.3 Å². The van der Waals surface area contributed by atoms with Gasteiger partial charge in [-0.15, -0.1) is 10.2 Å². The van der Waals surface area contributed by atoms with Gasteiger partial charge >= 0.3 is 0 Å². The molecule has 3 rings (SSSR count). The molecule has 2 aromatic carbocycles. The summed E-state index contributed by atoms with van der Waals surface area (Å²) in [4.78, 5) is 12.6. The number of benzene rings is 2. The molecule has 1 unspecified atom stereocenters. The summed E-state index contributed by atoms with van der Waals surface area (Å²) in [6.45, 7) is 8.55. The number of aromatic nitrogens is 2. The lowest BCUT2D eigenvalue weighted by Crippen LogP contribution is -2.33. The summed E-state index contributed by atoms with van der Waals surface area (Å²) in [6.07, 6.45) is 0. The van der Waals surface area contributed by atoms with E-state index in [9.17, 15) is 4.79 Å². The molecule has 0 radical (unpaired) electrons. The predicted molar refractivity (Wildman–Crippen MR) is 123 cm³/mol. The Hall–Kier alpha value is -2.80. The summed E-state index contributed by atoms with van der Waals surface area (Å²) < 4.78 is 10.8. The van der Waals surface area contributed by atoms with Gasteiger partial charge in [-0.2, -0.15) is 0 Å². The van der Waals surface area contributed by atoms with E-state index in [1.165, 1.54) is 17.3 Å². The summed E-state index contributed by atoms with van der Waals surface area (Å²) in [5.41, 5.74) is 3.20. The standard InChI is InChI=1S/C24H29N3O3S/c1-15(2)17-6-8-18(9-7-17)22(16(3)4)25-21(28)14-31-24-27-26-23(30-24)19-10-12-20(29-5)13-11-19/h6-13,15-16,22H,14H2,1-5H3,(H,25,28). The number of amides is 1. The summed E-state index contributed by atoms with van der Waals surface area (Å²) >= 11 is 1.23. The highest BCUT2D eigenvalue weighted by atomic mass is 32.2. The first-order valence-corrected chi connectivity index (χ1v) is 11.4. The van der Waals surface area contributed by atoms with Crippen molar-refractivity contribution in [3.8, 4) is 17.2 Å². The molecule has 0 bridgehead atoms. The fourth-order valence-electron chi connectivity index (χ4n) is 3.18. The largest absolute Gasteiger partial charge is 0.497 e. The molecule has 1 aromatic heterocycles. The number of rotatable bonds is 9. The molecular formula is C24H29N3O3S. The highest BCUT2D eigenvalue weighted by Crippen LogP contribution is 2.26. The number of thioether (sulfide) groups is 1. The Labute approximate surface area is 187 Å². The van der Waals surface area contributed by atoms with Crippen LogP contribution < -0.4 is 10.1 Å². The highest BCUT2D eigenvalue weighted by molar-refractivity contribution is 7.99. The van der Waals surface area contributed by atoms with E-state index in [0.717, 1.165) is 16.9 Å². The van der Waals surface area contributed by atoms with Gasteiger partial charge in [0.05, 0.1) is 18.9 Å². The van der Waals surface area contributed by atoms with Gasteiger partial charge in [-0.3, -0.25) is 4.79 Å². The molecule has 7 heteroatoms. The Kier molecular flexibility index (Phi) is 7.74. The monoisotopic (exact) mass is 439 g/mol. The Morgan fingerprint density at radius 3 is 2.23 bits per heavy atom. The zero-order chi connectivity index (χ0) is 22.4. The minimum atomic E-state index is -0.0687. The second-order valence-electron chi connectivity index (χ2n) is 8.00. The van der Waals surface area contributed by atoms with Crippen LogP contribution >= 0.6 is 11.8 Å². The van der Waals surface area contributed by atoms with Crippen molar-refractivity contribution in [1.82, 2.24) is 15.5 Å². The molecule has 1 atom stereocenters. The number of carbonyl (C=O) groups is 1. The zero-order valence-corrected chi connectivity index (χ0v) is 19.4. The fourth-order valence-corrected chi connectivity index (χ4v) is 3.76. The van der Waals surface area contributed by atoms with Gasteiger partial charge in [-0.1, -0.05) is 63.7 Å². The lowest BCUT2D eigenvalue weighted by atomic mass is 9.93. The highest BCUT2D eigenvalue weighted by Gasteiger charge is 2.19. The molecule has 164 valence electrons. The first-order valence-electron chi connectivity index (χ1n) is 10.4. The van der Waals surface area contributed by atoms with Crippen molar-refractivity contribution in [2.45, 2.75) is 44.9 Å². The number of nitrogens with one attached hydrogen (secondary N) is 1. The van der Waals surface area contributed by atoms with E-state index in [2.05, 4.69) is 67.5 Å². The Morgan fingerprint density at radius 2 is 1.65 bits per heavy atom. The van der Waals surface area contributed by atoms with Crippen LogP contribution in [0.3, 0.4) is 0 Å². The molecule has 1 amide bonds. The zero-order valence-electron chi connectivity index (χ0n) is 18.6. The quantitative estimate of drug-likeness (QED) is 0.445. The first kappa shape index (κ1) is 22.9. The van der Waals surface area contributed by atoms with E-state index >= 15 is 0 Å². The Balaban J connectivity index is 1.58. The second kappa shape index (κ2) is 10.5. The van der Waals surface area contributed by atoms with Gasteiger partial charge in [0, 0.05) is 5.56 Å². The van der Waals surface area contributed by atoms with Crippen molar-refractivity contribution >= 4 is 17.7 Å². The van der Waals surface area contributed by atoms with Gasteiger partial charge in [-0.25, -0.2) is 0 Å². The van der Waals surface area contributed by atoms with Crippen molar-refractivity contribution in [3.05, 3.63) is 59.7 Å². The topological polar surface area (TPSA) is 77.2 Å². The third-order valence-electron chi connectivity index (χ3n) is 5.02. The molecule has 1 heterocycles. The molecule has 0 saturated heterocycles. The van der Waals surface area contributed by atoms with Crippen LogP contribution in [0.4, 0.5) is 0 Å². The number of methoxy groups -OCH3 is 1. The lowest BCUT2D eigenvalue weighted by molar-refractivity contribution is -0.119. The SMILES string of the molecule is COc1ccc(-c2nnc(SCC(=O)NC(c3ccc(C(C)C)cc3)C(C)C)o2)cc1. The van der Waals surface area contributed by atoms with Gasteiger partial charge in [0.25, 0.3) is 5.22 Å². The number of ether oxygens (including phenoxy) is 1. The van der Waals surface area contributed by atoms with Gasteiger partial charge in [0.1, 0.15) is 5.75 Å². The van der Waals surface area contributed by atoms with Crippen LogP contribution in [0.5, 0.6) is 5.75 Å². The van der Waals surface area contributed by atoms with E-state index < -0.39 is 0 Å². The number of nitrogens with zero attached hydrogens (tertiary/aromatic N) is 2. The van der Waals surface area contributed by atoms with Crippen LogP contribution in [0.15, 0.2) is 58.2 Å². The molecular weight excluding hydrogens is 410 g/mol. The van der Waals surface area contributed by atoms with Gasteiger partial charge in [0.15, 0.2) is 0 Å². The van der Waals surface area contributed by atoms with E-state index in [4.69, 9.17) is 9.15 Å². The molecule has 1 N–H and O–H groups in total. The van der Waals surface area contributed by atoms with Crippen LogP contribution in [0, 0.1) is 5.92 Å². The smallest absolute Gasteiger partial charge is 0.277 e. The van der Waals surface area contributed by atoms with Crippen LogP contribution in [-0.2, 0) is 4.79 Å². The molecule has 0 aliphatic heterocycles. The van der Waals surface area contributed by atoms with Crippen molar-refractivity contribution in [2.24, 2.45) is 5.92 Å². The minimum Gasteiger partial charge on any atom is -0.497 e. The summed E-state index contributed by atoms with van der Waals surface area (Å²) in [7, 11) is 1.62. The van der Waals surface area contributed by atoms with Gasteiger partial charge in [-0.05, 0) is 47.2 Å². The summed E-state index contributed by atoms with van der Waals surface area (Å²) in [5, 5.41) is 11.6. The van der Waals surface area contributed by atoms with Crippen LogP contribution in [0.2, 0.25) is 0 Å².